The standard InChI is InChI=1S/C10H11ClO3S/c1-10(2,7-12)15(13,14)9-5-3-8(11)4-6-9/h3-7H,1-2H3. The van der Waals surface area contributed by atoms with Gasteiger partial charge in [0.25, 0.3) is 0 Å². The average Bonchev–Trinajstić information content (AvgIpc) is 2.18. The van der Waals surface area contributed by atoms with E-state index in [1.54, 1.807) is 0 Å². The van der Waals surface area contributed by atoms with E-state index in [0.29, 0.717) is 11.3 Å². The fourth-order valence-corrected chi connectivity index (χ4v) is 2.34. The fourth-order valence-electron chi connectivity index (χ4n) is 0.981. The number of halogens is 1. The maximum Gasteiger partial charge on any atom is 0.190 e. The lowest BCUT2D eigenvalue weighted by Crippen LogP contribution is -2.33. The molecule has 0 saturated heterocycles. The first-order valence-electron chi connectivity index (χ1n) is 4.28. The summed E-state index contributed by atoms with van der Waals surface area (Å²) in [5.74, 6) is 0. The molecule has 5 heteroatoms. The summed E-state index contributed by atoms with van der Waals surface area (Å²) in [5.41, 5.74) is 0. The maximum absolute atomic E-state index is 11.9. The zero-order valence-corrected chi connectivity index (χ0v) is 9.97. The number of benzene rings is 1. The van der Waals surface area contributed by atoms with Crippen molar-refractivity contribution < 1.29 is 13.2 Å². The number of hydrogen-bond donors (Lipinski definition) is 0. The van der Waals surface area contributed by atoms with Gasteiger partial charge in [-0.25, -0.2) is 8.42 Å². The maximum atomic E-state index is 11.9. The fraction of sp³-hybridized carbons (Fsp3) is 0.300. The van der Waals surface area contributed by atoms with Gasteiger partial charge in [0, 0.05) is 5.02 Å². The molecular formula is C10H11ClO3S. The minimum absolute atomic E-state index is 0.101. The van der Waals surface area contributed by atoms with Crippen molar-refractivity contribution in [2.75, 3.05) is 0 Å². The molecule has 0 heterocycles. The molecule has 0 unspecified atom stereocenters. The van der Waals surface area contributed by atoms with Crippen LogP contribution in [0.5, 0.6) is 0 Å². The SMILES string of the molecule is CC(C)(C=O)S(=O)(=O)c1ccc(Cl)cc1. The quantitative estimate of drug-likeness (QED) is 0.768. The third-order valence-electron chi connectivity index (χ3n) is 2.10. The lowest BCUT2D eigenvalue weighted by molar-refractivity contribution is -0.109. The van der Waals surface area contributed by atoms with Gasteiger partial charge < -0.3 is 4.79 Å². The van der Waals surface area contributed by atoms with E-state index >= 15 is 0 Å². The molecule has 0 aliphatic rings. The van der Waals surface area contributed by atoms with Crippen LogP contribution < -0.4 is 0 Å². The predicted octanol–water partition coefficient (Wildman–Crippen LogP) is 2.09. The number of aldehydes is 1. The smallest absolute Gasteiger partial charge is 0.190 e. The van der Waals surface area contributed by atoms with Gasteiger partial charge in [0.2, 0.25) is 0 Å². The molecule has 82 valence electrons. The number of carbonyl (C=O) groups excluding carboxylic acids is 1. The molecule has 0 aromatic heterocycles. The molecule has 0 atom stereocenters. The van der Waals surface area contributed by atoms with Gasteiger partial charge in [0.15, 0.2) is 9.84 Å². The first kappa shape index (κ1) is 12.2. The van der Waals surface area contributed by atoms with Crippen molar-refractivity contribution in [3.8, 4) is 0 Å². The van der Waals surface area contributed by atoms with Gasteiger partial charge in [0.1, 0.15) is 11.0 Å². The van der Waals surface area contributed by atoms with Crippen molar-refractivity contribution in [2.24, 2.45) is 0 Å². The molecule has 0 amide bonds. The summed E-state index contributed by atoms with van der Waals surface area (Å²) in [4.78, 5) is 10.8. The van der Waals surface area contributed by atoms with E-state index in [1.165, 1.54) is 38.1 Å². The Morgan fingerprint density at radius 1 is 1.20 bits per heavy atom. The van der Waals surface area contributed by atoms with E-state index in [9.17, 15) is 13.2 Å². The van der Waals surface area contributed by atoms with E-state index in [1.807, 2.05) is 0 Å². The first-order chi connectivity index (χ1) is 6.81. The first-order valence-corrected chi connectivity index (χ1v) is 6.14. The molecule has 0 aliphatic heterocycles. The summed E-state index contributed by atoms with van der Waals surface area (Å²) in [7, 11) is -3.63. The van der Waals surface area contributed by atoms with Crippen LogP contribution in [0.2, 0.25) is 5.02 Å². The highest BCUT2D eigenvalue weighted by Gasteiger charge is 2.35. The van der Waals surface area contributed by atoms with Crippen molar-refractivity contribution in [3.05, 3.63) is 29.3 Å². The molecule has 1 aromatic carbocycles. The Balaban J connectivity index is 3.30. The highest BCUT2D eigenvalue weighted by Crippen LogP contribution is 2.24. The molecule has 3 nitrogen and oxygen atoms in total. The normalized spacial score (nSPS) is 12.5. The van der Waals surface area contributed by atoms with E-state index in [4.69, 9.17) is 11.6 Å². The molecule has 0 bridgehead atoms. The van der Waals surface area contributed by atoms with Gasteiger partial charge in [-0.1, -0.05) is 11.6 Å². The summed E-state index contributed by atoms with van der Waals surface area (Å²) in [5, 5.41) is 0.456. The van der Waals surface area contributed by atoms with Crippen LogP contribution in [0.1, 0.15) is 13.8 Å². The molecule has 0 aliphatic carbocycles. The summed E-state index contributed by atoms with van der Waals surface area (Å²) >= 11 is 5.65. The van der Waals surface area contributed by atoms with Gasteiger partial charge in [-0.05, 0) is 38.1 Å². The number of hydrogen-bond acceptors (Lipinski definition) is 3. The summed E-state index contributed by atoms with van der Waals surface area (Å²) in [6, 6.07) is 5.75. The van der Waals surface area contributed by atoms with Crippen molar-refractivity contribution in [1.29, 1.82) is 0 Å². The summed E-state index contributed by atoms with van der Waals surface area (Å²) in [6.07, 6.45) is 0.428. The van der Waals surface area contributed by atoms with Crippen LogP contribution in [0.15, 0.2) is 29.2 Å². The topological polar surface area (TPSA) is 51.2 Å². The van der Waals surface area contributed by atoms with E-state index in [-0.39, 0.29) is 4.90 Å². The van der Waals surface area contributed by atoms with Crippen LogP contribution in [0.3, 0.4) is 0 Å². The zero-order valence-electron chi connectivity index (χ0n) is 8.40. The number of carbonyl (C=O) groups is 1. The molecule has 1 aromatic rings. The molecule has 0 spiro atoms. The van der Waals surface area contributed by atoms with Gasteiger partial charge in [0.05, 0.1) is 4.90 Å². The Hall–Kier alpha value is -0.870. The zero-order chi connectivity index (χ0) is 11.7. The van der Waals surface area contributed by atoms with Gasteiger partial charge in [-0.15, -0.1) is 0 Å². The van der Waals surface area contributed by atoms with Gasteiger partial charge in [-0.3, -0.25) is 0 Å². The molecule has 0 radical (unpaired) electrons. The van der Waals surface area contributed by atoms with Crippen molar-refractivity contribution >= 4 is 27.7 Å². The van der Waals surface area contributed by atoms with Crippen LogP contribution >= 0.6 is 11.6 Å². The van der Waals surface area contributed by atoms with Crippen LogP contribution in [0.25, 0.3) is 0 Å². The van der Waals surface area contributed by atoms with Crippen molar-refractivity contribution in [2.45, 2.75) is 23.5 Å². The Morgan fingerprint density at radius 3 is 2.07 bits per heavy atom. The molecule has 1 rings (SSSR count). The largest absolute Gasteiger partial charge is 0.302 e. The minimum Gasteiger partial charge on any atom is -0.302 e. The number of rotatable bonds is 3. The Morgan fingerprint density at radius 2 is 1.67 bits per heavy atom. The van der Waals surface area contributed by atoms with Crippen LogP contribution in [-0.2, 0) is 14.6 Å². The third kappa shape index (κ3) is 2.21. The van der Waals surface area contributed by atoms with Crippen molar-refractivity contribution in [1.82, 2.24) is 0 Å². The van der Waals surface area contributed by atoms with E-state index in [2.05, 4.69) is 0 Å². The highest BCUT2D eigenvalue weighted by atomic mass is 35.5. The average molecular weight is 247 g/mol. The summed E-state index contributed by atoms with van der Waals surface area (Å²) in [6.45, 7) is 2.73. The van der Waals surface area contributed by atoms with E-state index in [0.717, 1.165) is 0 Å². The highest BCUT2D eigenvalue weighted by molar-refractivity contribution is 7.93. The van der Waals surface area contributed by atoms with Crippen molar-refractivity contribution in [3.63, 3.8) is 0 Å². The minimum atomic E-state index is -3.63. The lowest BCUT2D eigenvalue weighted by Gasteiger charge is -2.17. The molecule has 0 saturated carbocycles. The Kier molecular flexibility index (Phi) is 3.21. The van der Waals surface area contributed by atoms with E-state index < -0.39 is 14.6 Å². The van der Waals surface area contributed by atoms with Gasteiger partial charge >= 0.3 is 0 Å². The number of sulfone groups is 1. The lowest BCUT2D eigenvalue weighted by atomic mass is 10.2. The second kappa shape index (κ2) is 3.94. The van der Waals surface area contributed by atoms with Crippen LogP contribution in [0.4, 0.5) is 0 Å². The van der Waals surface area contributed by atoms with Crippen LogP contribution in [0, 0.1) is 0 Å². The molecule has 0 fully saturated rings. The molecule has 0 N–H and O–H groups in total. The Bertz CT molecular complexity index is 460. The molecular weight excluding hydrogens is 236 g/mol. The Labute approximate surface area is 94.0 Å². The third-order valence-corrected chi connectivity index (χ3v) is 4.73. The monoisotopic (exact) mass is 246 g/mol. The summed E-state index contributed by atoms with van der Waals surface area (Å²) < 4.78 is 22.4. The van der Waals surface area contributed by atoms with Crippen LogP contribution in [-0.4, -0.2) is 19.5 Å². The second-order valence-electron chi connectivity index (χ2n) is 3.68. The van der Waals surface area contributed by atoms with Gasteiger partial charge in [-0.2, -0.15) is 0 Å². The predicted molar refractivity (Wildman–Crippen MR) is 58.8 cm³/mol. The molecule has 15 heavy (non-hydrogen) atoms. The second-order valence-corrected chi connectivity index (χ2v) is 6.65.